The van der Waals surface area contributed by atoms with Crippen molar-refractivity contribution in [3.8, 4) is 0 Å². The number of carbonyl (C=O) groups is 1. The lowest BCUT2D eigenvalue weighted by atomic mass is 10.2. The molecule has 1 aromatic heterocycles. The zero-order valence-corrected chi connectivity index (χ0v) is 11.4. The molecular formula is C12H13BrN4O. The summed E-state index contributed by atoms with van der Waals surface area (Å²) < 4.78 is 1.01. The number of anilines is 1. The van der Waals surface area contributed by atoms with Crippen LogP contribution in [0.2, 0.25) is 0 Å². The first-order valence-electron chi connectivity index (χ1n) is 5.36. The van der Waals surface area contributed by atoms with E-state index >= 15 is 0 Å². The maximum Gasteiger partial charge on any atom is 0.259 e. The molecule has 0 spiro atoms. The Hall–Kier alpha value is -1.82. The fraction of sp³-hybridized carbons (Fsp3) is 0.167. The molecule has 0 saturated carbocycles. The Bertz CT molecular complexity index is 549. The van der Waals surface area contributed by atoms with Crippen molar-refractivity contribution >= 4 is 27.7 Å². The Morgan fingerprint density at radius 3 is 2.67 bits per heavy atom. The van der Waals surface area contributed by atoms with Crippen LogP contribution >= 0.6 is 15.9 Å². The molecule has 18 heavy (non-hydrogen) atoms. The number of carbonyl (C=O) groups excluding carboxylic acids is 1. The zero-order valence-electron chi connectivity index (χ0n) is 9.85. The van der Waals surface area contributed by atoms with Gasteiger partial charge in [-0.15, -0.1) is 0 Å². The summed E-state index contributed by atoms with van der Waals surface area (Å²) in [6, 6.07) is 7.82. The van der Waals surface area contributed by atoms with E-state index < -0.39 is 0 Å². The molecule has 0 aliphatic heterocycles. The summed E-state index contributed by atoms with van der Waals surface area (Å²) in [5, 5.41) is 6.29. The van der Waals surface area contributed by atoms with Crippen LogP contribution in [-0.4, -0.2) is 28.1 Å². The van der Waals surface area contributed by atoms with Gasteiger partial charge >= 0.3 is 0 Å². The van der Waals surface area contributed by atoms with Gasteiger partial charge < -0.3 is 10.6 Å². The number of aromatic nitrogens is 2. The first-order chi connectivity index (χ1) is 8.58. The normalized spacial score (nSPS) is 10.3. The van der Waals surface area contributed by atoms with Crippen LogP contribution in [0.15, 0.2) is 34.9 Å². The Morgan fingerprint density at radius 2 is 2.11 bits per heavy atom. The predicted octanol–water partition coefficient (Wildman–Crippen LogP) is 2.03. The average Bonchev–Trinajstić information content (AvgIpc) is 2.77. The number of nitrogens with two attached hydrogens (primary N) is 1. The Balaban J connectivity index is 2.08. The van der Waals surface area contributed by atoms with Crippen LogP contribution in [-0.2, 0) is 6.54 Å². The molecule has 2 aromatic rings. The van der Waals surface area contributed by atoms with Gasteiger partial charge in [-0.3, -0.25) is 9.89 Å². The molecule has 1 amide bonds. The van der Waals surface area contributed by atoms with Gasteiger partial charge in [-0.1, -0.05) is 28.1 Å². The minimum Gasteiger partial charge on any atom is -0.383 e. The number of halogens is 1. The number of rotatable bonds is 3. The number of amides is 1. The predicted molar refractivity (Wildman–Crippen MR) is 72.9 cm³/mol. The maximum absolute atomic E-state index is 12.1. The van der Waals surface area contributed by atoms with E-state index in [1.54, 1.807) is 11.9 Å². The van der Waals surface area contributed by atoms with E-state index in [0.717, 1.165) is 10.0 Å². The number of aromatic amines is 1. The third-order valence-electron chi connectivity index (χ3n) is 2.58. The second-order valence-corrected chi connectivity index (χ2v) is 4.90. The van der Waals surface area contributed by atoms with Crippen LogP contribution in [0.4, 0.5) is 5.82 Å². The highest BCUT2D eigenvalue weighted by atomic mass is 79.9. The lowest BCUT2D eigenvalue weighted by Crippen LogP contribution is -2.26. The molecule has 1 heterocycles. The van der Waals surface area contributed by atoms with Crippen LogP contribution in [0.25, 0.3) is 0 Å². The fourth-order valence-electron chi connectivity index (χ4n) is 1.61. The van der Waals surface area contributed by atoms with Crippen molar-refractivity contribution in [3.63, 3.8) is 0 Å². The average molecular weight is 309 g/mol. The van der Waals surface area contributed by atoms with Crippen molar-refractivity contribution in [1.82, 2.24) is 15.1 Å². The highest BCUT2D eigenvalue weighted by molar-refractivity contribution is 9.10. The van der Waals surface area contributed by atoms with Gasteiger partial charge in [0.05, 0.1) is 6.20 Å². The van der Waals surface area contributed by atoms with Gasteiger partial charge in [-0.2, -0.15) is 5.10 Å². The van der Waals surface area contributed by atoms with Gasteiger partial charge in [0.25, 0.3) is 5.91 Å². The van der Waals surface area contributed by atoms with Crippen LogP contribution in [0, 0.1) is 0 Å². The van der Waals surface area contributed by atoms with E-state index in [2.05, 4.69) is 26.1 Å². The largest absolute Gasteiger partial charge is 0.383 e. The van der Waals surface area contributed by atoms with Gasteiger partial charge in [-0.25, -0.2) is 0 Å². The SMILES string of the molecule is CN(Cc1ccc(Br)cc1)C(=O)c1cn[nH]c1N. The van der Waals surface area contributed by atoms with Crippen molar-refractivity contribution in [2.45, 2.75) is 6.54 Å². The topological polar surface area (TPSA) is 75.0 Å². The standard InChI is InChI=1S/C12H13BrN4O/c1-17(7-8-2-4-9(13)5-3-8)12(18)10-6-15-16-11(10)14/h2-6H,7H2,1H3,(H3,14,15,16). The van der Waals surface area contributed by atoms with E-state index in [-0.39, 0.29) is 5.91 Å². The summed E-state index contributed by atoms with van der Waals surface area (Å²) in [5.41, 5.74) is 7.07. The summed E-state index contributed by atoms with van der Waals surface area (Å²) in [6.07, 6.45) is 1.44. The molecule has 0 atom stereocenters. The molecule has 1 aromatic carbocycles. The maximum atomic E-state index is 12.1. The Kier molecular flexibility index (Phi) is 3.66. The Labute approximate surface area is 113 Å². The van der Waals surface area contributed by atoms with Crippen molar-refractivity contribution in [2.75, 3.05) is 12.8 Å². The highest BCUT2D eigenvalue weighted by Gasteiger charge is 2.16. The molecule has 2 rings (SSSR count). The third kappa shape index (κ3) is 2.70. The molecule has 0 bridgehead atoms. The van der Waals surface area contributed by atoms with Gasteiger partial charge in [-0.05, 0) is 17.7 Å². The van der Waals surface area contributed by atoms with Crippen molar-refractivity contribution < 1.29 is 4.79 Å². The monoisotopic (exact) mass is 308 g/mol. The van der Waals surface area contributed by atoms with Crippen LogP contribution in [0.1, 0.15) is 15.9 Å². The minimum atomic E-state index is -0.149. The molecule has 6 heteroatoms. The second kappa shape index (κ2) is 5.22. The number of H-pyrrole nitrogens is 1. The fourth-order valence-corrected chi connectivity index (χ4v) is 1.87. The first-order valence-corrected chi connectivity index (χ1v) is 6.16. The molecule has 0 saturated heterocycles. The van der Waals surface area contributed by atoms with Gasteiger partial charge in [0.1, 0.15) is 11.4 Å². The number of hydrogen-bond acceptors (Lipinski definition) is 3. The second-order valence-electron chi connectivity index (χ2n) is 3.99. The highest BCUT2D eigenvalue weighted by Crippen LogP contribution is 2.14. The number of hydrogen-bond donors (Lipinski definition) is 2. The quantitative estimate of drug-likeness (QED) is 0.911. The van der Waals surface area contributed by atoms with Crippen LogP contribution in [0.3, 0.4) is 0 Å². The van der Waals surface area contributed by atoms with E-state index in [9.17, 15) is 4.79 Å². The lowest BCUT2D eigenvalue weighted by molar-refractivity contribution is 0.0786. The molecule has 0 unspecified atom stereocenters. The number of nitrogens with zero attached hydrogens (tertiary/aromatic N) is 2. The summed E-state index contributed by atoms with van der Waals surface area (Å²) in [5.74, 6) is 0.145. The summed E-state index contributed by atoms with van der Waals surface area (Å²) >= 11 is 3.37. The molecule has 0 radical (unpaired) electrons. The molecule has 0 fully saturated rings. The van der Waals surface area contributed by atoms with Gasteiger partial charge in [0.2, 0.25) is 0 Å². The molecule has 0 aliphatic carbocycles. The van der Waals surface area contributed by atoms with Crippen LogP contribution in [0.5, 0.6) is 0 Å². The van der Waals surface area contributed by atoms with E-state index in [1.165, 1.54) is 6.20 Å². The number of nitrogen functional groups attached to an aromatic ring is 1. The number of nitrogens with one attached hydrogen (secondary N) is 1. The smallest absolute Gasteiger partial charge is 0.259 e. The lowest BCUT2D eigenvalue weighted by Gasteiger charge is -2.16. The summed E-state index contributed by atoms with van der Waals surface area (Å²) in [7, 11) is 1.73. The Morgan fingerprint density at radius 1 is 1.44 bits per heavy atom. The third-order valence-corrected chi connectivity index (χ3v) is 3.11. The molecule has 3 N–H and O–H groups in total. The first kappa shape index (κ1) is 12.6. The zero-order chi connectivity index (χ0) is 13.1. The van der Waals surface area contributed by atoms with Crippen molar-refractivity contribution in [1.29, 1.82) is 0 Å². The molecular weight excluding hydrogens is 296 g/mol. The molecule has 0 aliphatic rings. The number of benzene rings is 1. The van der Waals surface area contributed by atoms with E-state index in [0.29, 0.717) is 17.9 Å². The minimum absolute atomic E-state index is 0.149. The molecule has 94 valence electrons. The molecule has 5 nitrogen and oxygen atoms in total. The van der Waals surface area contributed by atoms with E-state index in [4.69, 9.17) is 5.73 Å². The van der Waals surface area contributed by atoms with Gasteiger partial charge in [0, 0.05) is 18.1 Å². The van der Waals surface area contributed by atoms with E-state index in [1.807, 2.05) is 24.3 Å². The van der Waals surface area contributed by atoms with Crippen molar-refractivity contribution in [2.24, 2.45) is 0 Å². The van der Waals surface area contributed by atoms with Crippen molar-refractivity contribution in [3.05, 3.63) is 46.1 Å². The summed E-state index contributed by atoms with van der Waals surface area (Å²) in [4.78, 5) is 13.7. The van der Waals surface area contributed by atoms with Gasteiger partial charge in [0.15, 0.2) is 0 Å². The summed E-state index contributed by atoms with van der Waals surface area (Å²) in [6.45, 7) is 0.525. The van der Waals surface area contributed by atoms with Crippen LogP contribution < -0.4 is 5.73 Å².